The van der Waals surface area contributed by atoms with Gasteiger partial charge in [-0.2, -0.15) is 13.2 Å². The molecule has 0 radical (unpaired) electrons. The quantitative estimate of drug-likeness (QED) is 0.262. The average Bonchev–Trinajstić information content (AvgIpc) is 2.84. The van der Waals surface area contributed by atoms with Crippen molar-refractivity contribution in [1.82, 2.24) is 0 Å². The Kier molecular flexibility index (Phi) is 7.86. The summed E-state index contributed by atoms with van der Waals surface area (Å²) in [5.41, 5.74) is 1.43. The third kappa shape index (κ3) is 5.95. The summed E-state index contributed by atoms with van der Waals surface area (Å²) in [5, 5.41) is 1.25. The van der Waals surface area contributed by atoms with E-state index in [0.717, 1.165) is 48.1 Å². The maximum atomic E-state index is 15.1. The lowest BCUT2D eigenvalue weighted by atomic mass is 9.98. The van der Waals surface area contributed by atoms with Gasteiger partial charge in [-0.1, -0.05) is 36.4 Å². The molecule has 0 N–H and O–H groups in total. The van der Waals surface area contributed by atoms with Crippen LogP contribution in [0, 0.1) is 11.7 Å². The number of halogens is 4. The average molecular weight is 477 g/mol. The molecule has 3 nitrogen and oxygen atoms in total. The topological polar surface area (TPSA) is 27.7 Å². The van der Waals surface area contributed by atoms with Crippen molar-refractivity contribution in [2.75, 3.05) is 26.9 Å². The number of alkyl halides is 3. The van der Waals surface area contributed by atoms with Crippen LogP contribution in [0.15, 0.2) is 54.6 Å². The minimum atomic E-state index is -4.36. The Morgan fingerprint density at radius 1 is 0.941 bits per heavy atom. The molecule has 0 saturated carbocycles. The Morgan fingerprint density at radius 3 is 2.35 bits per heavy atom. The van der Waals surface area contributed by atoms with E-state index in [1.165, 1.54) is 12.1 Å². The molecule has 4 rings (SSSR count). The van der Waals surface area contributed by atoms with E-state index in [4.69, 9.17) is 14.2 Å². The molecule has 182 valence electrons. The van der Waals surface area contributed by atoms with Crippen LogP contribution in [0.5, 0.6) is 0 Å². The monoisotopic (exact) mass is 476 g/mol. The number of aryl methyl sites for hydroxylation is 2. The molecule has 1 aliphatic rings. The van der Waals surface area contributed by atoms with E-state index in [0.29, 0.717) is 42.9 Å². The number of hydrogen-bond acceptors (Lipinski definition) is 3. The molecule has 3 aromatic carbocycles. The van der Waals surface area contributed by atoms with Gasteiger partial charge in [0.2, 0.25) is 0 Å². The van der Waals surface area contributed by atoms with Crippen LogP contribution >= 0.6 is 0 Å². The molecule has 7 heteroatoms. The smallest absolute Gasteiger partial charge is 0.385 e. The Morgan fingerprint density at radius 2 is 1.68 bits per heavy atom. The standard InChI is InChI=1S/C27H28F4O3/c1-32-14-2-3-19-16-33-26(34-17-19)22-10-13-24-21(15-22)9-8-20(25(24)28)7-4-18-5-11-23(12-6-18)27(29,30)31/h5-6,8-13,15,19,26H,2-4,7,14,16-17H2,1H3. The number of hydrogen-bond donors (Lipinski definition) is 0. The van der Waals surface area contributed by atoms with Crippen LogP contribution in [0.3, 0.4) is 0 Å². The fourth-order valence-electron chi connectivity index (χ4n) is 4.25. The molecule has 1 heterocycles. The number of benzene rings is 3. The Balaban J connectivity index is 1.39. The van der Waals surface area contributed by atoms with Crippen molar-refractivity contribution < 1.29 is 31.8 Å². The molecule has 1 aliphatic heterocycles. The molecular weight excluding hydrogens is 448 g/mol. The van der Waals surface area contributed by atoms with Crippen LogP contribution in [0.25, 0.3) is 10.8 Å². The maximum absolute atomic E-state index is 15.1. The second-order valence-corrected chi connectivity index (χ2v) is 8.71. The summed E-state index contributed by atoms with van der Waals surface area (Å²) in [6.07, 6.45) is -2.03. The van der Waals surface area contributed by atoms with Gasteiger partial charge < -0.3 is 14.2 Å². The van der Waals surface area contributed by atoms with E-state index in [9.17, 15) is 13.2 Å². The van der Waals surface area contributed by atoms with Crippen molar-refractivity contribution in [3.8, 4) is 0 Å². The molecule has 34 heavy (non-hydrogen) atoms. The van der Waals surface area contributed by atoms with E-state index in [1.54, 1.807) is 19.2 Å². The maximum Gasteiger partial charge on any atom is 0.416 e. The molecule has 1 fully saturated rings. The zero-order chi connectivity index (χ0) is 24.1. The van der Waals surface area contributed by atoms with E-state index in [1.807, 2.05) is 18.2 Å². The van der Waals surface area contributed by atoms with E-state index >= 15 is 4.39 Å². The SMILES string of the molecule is COCCCC1COC(c2ccc3c(F)c(CCc4ccc(C(F)(F)F)cc4)ccc3c2)OC1. The van der Waals surface area contributed by atoms with Crippen molar-refractivity contribution in [2.45, 2.75) is 38.1 Å². The highest BCUT2D eigenvalue weighted by Crippen LogP contribution is 2.31. The lowest BCUT2D eigenvalue weighted by Gasteiger charge is -2.29. The second-order valence-electron chi connectivity index (χ2n) is 8.71. The zero-order valence-corrected chi connectivity index (χ0v) is 19.0. The van der Waals surface area contributed by atoms with Gasteiger partial charge in [-0.3, -0.25) is 0 Å². The number of rotatable bonds is 8. The first-order chi connectivity index (χ1) is 16.3. The summed E-state index contributed by atoms with van der Waals surface area (Å²) in [6, 6.07) is 14.0. The van der Waals surface area contributed by atoms with Crippen LogP contribution in [-0.2, 0) is 33.2 Å². The molecule has 0 aromatic heterocycles. The summed E-state index contributed by atoms with van der Waals surface area (Å²) in [5.74, 6) is 0.0381. The molecule has 0 spiro atoms. The van der Waals surface area contributed by atoms with Crippen LogP contribution < -0.4 is 0 Å². The molecule has 1 saturated heterocycles. The molecular formula is C27H28F4O3. The summed E-state index contributed by atoms with van der Waals surface area (Å²) in [6.45, 7) is 1.95. The predicted octanol–water partition coefficient (Wildman–Crippen LogP) is 6.87. The first-order valence-corrected chi connectivity index (χ1v) is 11.4. The molecule has 0 amide bonds. The summed E-state index contributed by atoms with van der Waals surface area (Å²) < 4.78 is 70.2. The lowest BCUT2D eigenvalue weighted by Crippen LogP contribution is -2.27. The normalized spacial score (nSPS) is 19.0. The molecule has 3 aromatic rings. The first kappa shape index (κ1) is 24.6. The highest BCUT2D eigenvalue weighted by Gasteiger charge is 2.30. The minimum Gasteiger partial charge on any atom is -0.385 e. The van der Waals surface area contributed by atoms with Crippen LogP contribution in [-0.4, -0.2) is 26.9 Å². The highest BCUT2D eigenvalue weighted by atomic mass is 19.4. The molecule has 0 unspecified atom stereocenters. The Labute approximate surface area is 196 Å². The van der Waals surface area contributed by atoms with Gasteiger partial charge in [0.1, 0.15) is 5.82 Å². The van der Waals surface area contributed by atoms with Crippen molar-refractivity contribution in [2.24, 2.45) is 5.92 Å². The number of ether oxygens (including phenoxy) is 3. The summed E-state index contributed by atoms with van der Waals surface area (Å²) in [4.78, 5) is 0. The Bertz CT molecular complexity index is 1090. The lowest BCUT2D eigenvalue weighted by molar-refractivity contribution is -0.206. The van der Waals surface area contributed by atoms with Crippen molar-refractivity contribution in [3.63, 3.8) is 0 Å². The van der Waals surface area contributed by atoms with E-state index in [2.05, 4.69) is 0 Å². The first-order valence-electron chi connectivity index (χ1n) is 11.4. The Hall–Kier alpha value is -2.48. The van der Waals surface area contributed by atoms with E-state index < -0.39 is 18.0 Å². The van der Waals surface area contributed by atoms with Gasteiger partial charge in [0.05, 0.1) is 18.8 Å². The van der Waals surface area contributed by atoms with Gasteiger partial charge in [0, 0.05) is 30.6 Å². The predicted molar refractivity (Wildman–Crippen MR) is 122 cm³/mol. The third-order valence-corrected chi connectivity index (χ3v) is 6.22. The minimum absolute atomic E-state index is 0.306. The van der Waals surface area contributed by atoms with Gasteiger partial charge in [-0.15, -0.1) is 0 Å². The fourth-order valence-corrected chi connectivity index (χ4v) is 4.25. The van der Waals surface area contributed by atoms with Crippen molar-refractivity contribution in [3.05, 3.63) is 82.7 Å². The van der Waals surface area contributed by atoms with Gasteiger partial charge in [-0.25, -0.2) is 4.39 Å². The number of fused-ring (bicyclic) bond motifs is 1. The fraction of sp³-hybridized carbons (Fsp3) is 0.407. The van der Waals surface area contributed by atoms with Gasteiger partial charge in [-0.05, 0) is 60.4 Å². The largest absolute Gasteiger partial charge is 0.416 e. The third-order valence-electron chi connectivity index (χ3n) is 6.22. The van der Waals surface area contributed by atoms with Gasteiger partial charge in [0.25, 0.3) is 0 Å². The van der Waals surface area contributed by atoms with Crippen molar-refractivity contribution >= 4 is 10.8 Å². The molecule has 0 bridgehead atoms. The van der Waals surface area contributed by atoms with Gasteiger partial charge >= 0.3 is 6.18 Å². The van der Waals surface area contributed by atoms with E-state index in [-0.39, 0.29) is 5.82 Å². The summed E-state index contributed by atoms with van der Waals surface area (Å²) >= 11 is 0. The van der Waals surface area contributed by atoms with Crippen LogP contribution in [0.4, 0.5) is 17.6 Å². The van der Waals surface area contributed by atoms with Crippen molar-refractivity contribution in [1.29, 1.82) is 0 Å². The summed E-state index contributed by atoms with van der Waals surface area (Å²) in [7, 11) is 1.69. The molecule has 0 atom stereocenters. The zero-order valence-electron chi connectivity index (χ0n) is 19.0. The highest BCUT2D eigenvalue weighted by molar-refractivity contribution is 5.84. The van der Waals surface area contributed by atoms with Crippen LogP contribution in [0.1, 0.15) is 41.4 Å². The second kappa shape index (κ2) is 10.8. The number of methoxy groups -OCH3 is 1. The van der Waals surface area contributed by atoms with Gasteiger partial charge in [0.15, 0.2) is 6.29 Å². The van der Waals surface area contributed by atoms with Crippen LogP contribution in [0.2, 0.25) is 0 Å². The molecule has 0 aliphatic carbocycles.